The van der Waals surface area contributed by atoms with Gasteiger partial charge in [0.15, 0.2) is 16.3 Å². The summed E-state index contributed by atoms with van der Waals surface area (Å²) in [7, 11) is 3.12. The lowest BCUT2D eigenvalue weighted by atomic mass is 9.96. The van der Waals surface area contributed by atoms with Gasteiger partial charge in [-0.15, -0.1) is 0 Å². The number of ether oxygens (including phenoxy) is 3. The molecule has 0 unspecified atom stereocenters. The van der Waals surface area contributed by atoms with Gasteiger partial charge in [0.05, 0.1) is 42.7 Å². The standard InChI is InChI=1S/C25H23ClN2O5S/c1-5-33-24(30)21-14(2)27-25-28(22(21)16-7-9-17(26)10-8-16)23(29)20(34-25)13-15-6-11-18(31-3)19(12-15)32-4/h6-13,22H,5H2,1-4H3/t22-/m0/s1. The number of nitrogens with zero attached hydrogens (tertiary/aromatic N) is 2. The molecule has 3 aromatic rings. The molecule has 1 aliphatic heterocycles. The highest BCUT2D eigenvalue weighted by Gasteiger charge is 2.33. The van der Waals surface area contributed by atoms with Crippen molar-refractivity contribution in [1.29, 1.82) is 0 Å². The number of hydrogen-bond acceptors (Lipinski definition) is 7. The maximum Gasteiger partial charge on any atom is 0.338 e. The molecule has 1 aliphatic rings. The first-order valence-electron chi connectivity index (χ1n) is 10.5. The predicted molar refractivity (Wildman–Crippen MR) is 131 cm³/mol. The zero-order valence-corrected chi connectivity index (χ0v) is 20.7. The van der Waals surface area contributed by atoms with E-state index < -0.39 is 12.0 Å². The average Bonchev–Trinajstić information content (AvgIpc) is 3.13. The van der Waals surface area contributed by atoms with Crippen LogP contribution in [0.5, 0.6) is 11.5 Å². The van der Waals surface area contributed by atoms with Crippen LogP contribution >= 0.6 is 22.9 Å². The minimum atomic E-state index is -0.680. The monoisotopic (exact) mass is 498 g/mol. The highest BCUT2D eigenvalue weighted by molar-refractivity contribution is 7.07. The first-order chi connectivity index (χ1) is 16.4. The fourth-order valence-corrected chi connectivity index (χ4v) is 5.02. The smallest absolute Gasteiger partial charge is 0.338 e. The molecule has 0 radical (unpaired) electrons. The molecule has 1 aromatic heterocycles. The summed E-state index contributed by atoms with van der Waals surface area (Å²) >= 11 is 7.34. The Labute approximate surface area is 205 Å². The van der Waals surface area contributed by atoms with Crippen molar-refractivity contribution < 1.29 is 19.0 Å². The Morgan fingerprint density at radius 1 is 1.15 bits per heavy atom. The topological polar surface area (TPSA) is 79.1 Å². The lowest BCUT2D eigenvalue weighted by molar-refractivity contribution is -0.139. The molecular formula is C25H23ClN2O5S. The molecule has 7 nitrogen and oxygen atoms in total. The third-order valence-corrected chi connectivity index (χ3v) is 6.64. The van der Waals surface area contributed by atoms with E-state index in [0.717, 1.165) is 11.1 Å². The van der Waals surface area contributed by atoms with Crippen molar-refractivity contribution in [2.75, 3.05) is 20.8 Å². The van der Waals surface area contributed by atoms with Gasteiger partial charge in [-0.1, -0.05) is 41.1 Å². The van der Waals surface area contributed by atoms with Crippen molar-refractivity contribution in [3.8, 4) is 11.5 Å². The zero-order valence-electron chi connectivity index (χ0n) is 19.1. The van der Waals surface area contributed by atoms with E-state index in [4.69, 9.17) is 25.8 Å². The molecule has 0 saturated heterocycles. The van der Waals surface area contributed by atoms with Gasteiger partial charge in [0.25, 0.3) is 5.56 Å². The molecule has 34 heavy (non-hydrogen) atoms. The van der Waals surface area contributed by atoms with Gasteiger partial charge in [0.2, 0.25) is 0 Å². The molecule has 0 saturated carbocycles. The van der Waals surface area contributed by atoms with E-state index in [1.54, 1.807) is 75.1 Å². The van der Waals surface area contributed by atoms with Crippen molar-refractivity contribution in [3.05, 3.63) is 89.6 Å². The Morgan fingerprint density at radius 2 is 1.85 bits per heavy atom. The number of esters is 1. The summed E-state index contributed by atoms with van der Waals surface area (Å²) in [4.78, 5) is 31.6. The Hall–Kier alpha value is -3.36. The van der Waals surface area contributed by atoms with Gasteiger partial charge in [-0.05, 0) is 55.3 Å². The number of hydrogen-bond donors (Lipinski definition) is 0. The molecule has 2 aromatic carbocycles. The fourth-order valence-electron chi connectivity index (χ4n) is 3.85. The van der Waals surface area contributed by atoms with Gasteiger partial charge in [-0.3, -0.25) is 9.36 Å². The van der Waals surface area contributed by atoms with Crippen LogP contribution in [0.15, 0.2) is 63.5 Å². The maximum atomic E-state index is 13.6. The number of aromatic nitrogens is 1. The van der Waals surface area contributed by atoms with Gasteiger partial charge >= 0.3 is 5.97 Å². The molecule has 9 heteroatoms. The predicted octanol–water partition coefficient (Wildman–Crippen LogP) is 3.47. The number of fused-ring (bicyclic) bond motifs is 1. The zero-order chi connectivity index (χ0) is 24.4. The van der Waals surface area contributed by atoms with Gasteiger partial charge in [0.1, 0.15) is 0 Å². The summed E-state index contributed by atoms with van der Waals surface area (Å²) in [6.07, 6.45) is 1.77. The Kier molecular flexibility index (Phi) is 6.90. The van der Waals surface area contributed by atoms with Crippen molar-refractivity contribution in [3.63, 3.8) is 0 Å². The van der Waals surface area contributed by atoms with Gasteiger partial charge in [0, 0.05) is 5.02 Å². The van der Waals surface area contributed by atoms with Crippen LogP contribution < -0.4 is 24.4 Å². The number of halogens is 1. The molecule has 1 atom stereocenters. The van der Waals surface area contributed by atoms with Crippen LogP contribution in [-0.2, 0) is 9.53 Å². The lowest BCUT2D eigenvalue weighted by Crippen LogP contribution is -2.39. The normalized spacial score (nSPS) is 15.6. The van der Waals surface area contributed by atoms with Crippen molar-refractivity contribution in [1.82, 2.24) is 4.57 Å². The average molecular weight is 499 g/mol. The Morgan fingerprint density at radius 3 is 2.50 bits per heavy atom. The third kappa shape index (κ3) is 4.38. The number of allylic oxidation sites excluding steroid dienone is 1. The molecule has 0 amide bonds. The van der Waals surface area contributed by atoms with Crippen molar-refractivity contribution in [2.24, 2.45) is 4.99 Å². The van der Waals surface area contributed by atoms with Gasteiger partial charge in [-0.25, -0.2) is 9.79 Å². The molecule has 176 valence electrons. The first kappa shape index (κ1) is 23.8. The van der Waals surface area contributed by atoms with Gasteiger partial charge in [-0.2, -0.15) is 0 Å². The second-order valence-electron chi connectivity index (χ2n) is 7.47. The Balaban J connectivity index is 1.92. The fraction of sp³-hybridized carbons (Fsp3) is 0.240. The highest BCUT2D eigenvalue weighted by Crippen LogP contribution is 2.31. The molecule has 2 heterocycles. The van der Waals surface area contributed by atoms with Crippen LogP contribution in [0, 0.1) is 0 Å². The largest absolute Gasteiger partial charge is 0.493 e. The third-order valence-electron chi connectivity index (χ3n) is 5.41. The summed E-state index contributed by atoms with van der Waals surface area (Å²) in [6.45, 7) is 3.71. The molecule has 0 fully saturated rings. The van der Waals surface area contributed by atoms with Gasteiger partial charge < -0.3 is 14.2 Å². The summed E-state index contributed by atoms with van der Waals surface area (Å²) in [5.74, 6) is 0.653. The SMILES string of the molecule is CCOC(=O)C1=C(C)N=c2sc(=Cc3ccc(OC)c(OC)c3)c(=O)n2[C@H]1c1ccc(Cl)cc1. The summed E-state index contributed by atoms with van der Waals surface area (Å²) in [5, 5.41) is 0.558. The highest BCUT2D eigenvalue weighted by atomic mass is 35.5. The number of rotatable bonds is 6. The summed E-state index contributed by atoms with van der Waals surface area (Å²) in [5.41, 5.74) is 2.09. The lowest BCUT2D eigenvalue weighted by Gasteiger charge is -2.24. The van der Waals surface area contributed by atoms with Crippen LogP contribution in [-0.4, -0.2) is 31.4 Å². The minimum Gasteiger partial charge on any atom is -0.493 e. The van der Waals surface area contributed by atoms with E-state index in [-0.39, 0.29) is 12.2 Å². The first-order valence-corrected chi connectivity index (χ1v) is 11.7. The number of benzene rings is 2. The van der Waals surface area contributed by atoms with Crippen LogP contribution in [0.25, 0.3) is 6.08 Å². The maximum absolute atomic E-state index is 13.6. The molecule has 0 N–H and O–H groups in total. The molecule has 0 bridgehead atoms. The van der Waals surface area contributed by atoms with Crippen LogP contribution in [0.2, 0.25) is 5.02 Å². The van der Waals surface area contributed by atoms with Crippen LogP contribution in [0.3, 0.4) is 0 Å². The van der Waals surface area contributed by atoms with E-state index in [9.17, 15) is 9.59 Å². The minimum absolute atomic E-state index is 0.215. The molecular weight excluding hydrogens is 476 g/mol. The van der Waals surface area contributed by atoms with Crippen LogP contribution in [0.4, 0.5) is 0 Å². The van der Waals surface area contributed by atoms with E-state index in [2.05, 4.69) is 4.99 Å². The van der Waals surface area contributed by atoms with Crippen molar-refractivity contribution in [2.45, 2.75) is 19.9 Å². The second kappa shape index (κ2) is 9.87. The van der Waals surface area contributed by atoms with Crippen LogP contribution in [0.1, 0.15) is 31.0 Å². The summed E-state index contributed by atoms with van der Waals surface area (Å²) in [6, 6.07) is 11.8. The van der Waals surface area contributed by atoms with E-state index >= 15 is 0 Å². The second-order valence-corrected chi connectivity index (χ2v) is 8.91. The van der Waals surface area contributed by atoms with Crippen molar-refractivity contribution >= 4 is 35.0 Å². The van der Waals surface area contributed by atoms with E-state index in [1.807, 2.05) is 6.07 Å². The quantitative estimate of drug-likeness (QED) is 0.486. The molecule has 0 spiro atoms. The molecule has 4 rings (SSSR count). The number of carbonyl (C=O) groups is 1. The van der Waals surface area contributed by atoms with E-state index in [0.29, 0.717) is 37.1 Å². The number of carbonyl (C=O) groups excluding carboxylic acids is 1. The Bertz CT molecular complexity index is 1450. The van der Waals surface area contributed by atoms with E-state index in [1.165, 1.54) is 11.3 Å². The number of thiazole rings is 1. The number of methoxy groups -OCH3 is 2. The molecule has 0 aliphatic carbocycles. The summed E-state index contributed by atoms with van der Waals surface area (Å²) < 4.78 is 18.0.